The molecule has 1 aliphatic rings. The molecule has 2 amide bonds. The van der Waals surface area contributed by atoms with Crippen molar-refractivity contribution in [1.82, 2.24) is 15.5 Å². The Morgan fingerprint density at radius 1 is 1.22 bits per heavy atom. The lowest BCUT2D eigenvalue weighted by Gasteiger charge is -2.36. The van der Waals surface area contributed by atoms with Crippen LogP contribution in [0.25, 0.3) is 0 Å². The fraction of sp³-hybridized carbons (Fsp3) is 0.579. The third-order valence-electron chi connectivity index (χ3n) is 4.42. The highest BCUT2D eigenvalue weighted by Gasteiger charge is 2.32. The largest absolute Gasteiger partial charge is 0.394 e. The molecule has 1 aromatic carbocycles. The summed E-state index contributed by atoms with van der Waals surface area (Å²) in [6.07, 6.45) is 0.771. The molecular weight excluding hydrogens is 370 g/mol. The third kappa shape index (κ3) is 7.46. The number of aliphatic hydroxyl groups excluding tert-OH is 1. The van der Waals surface area contributed by atoms with Gasteiger partial charge in [0.1, 0.15) is 6.10 Å². The molecule has 150 valence electrons. The molecule has 1 aromatic rings. The monoisotopic (exact) mass is 397 g/mol. The fourth-order valence-electron chi connectivity index (χ4n) is 3.07. The van der Waals surface area contributed by atoms with Crippen molar-refractivity contribution >= 4 is 23.4 Å². The van der Waals surface area contributed by atoms with Gasteiger partial charge in [-0.05, 0) is 44.6 Å². The lowest BCUT2D eigenvalue weighted by atomic mass is 9.97. The Kier molecular flexibility index (Phi) is 8.50. The summed E-state index contributed by atoms with van der Waals surface area (Å²) < 4.78 is 5.84. The maximum atomic E-state index is 12.2. The zero-order chi connectivity index (χ0) is 19.8. The van der Waals surface area contributed by atoms with E-state index in [9.17, 15) is 14.7 Å². The molecule has 1 saturated heterocycles. The number of ether oxygens (including phenoxy) is 1. The third-order valence-corrected chi connectivity index (χ3v) is 4.67. The number of nitrogens with one attached hydrogen (secondary N) is 2. The van der Waals surface area contributed by atoms with Gasteiger partial charge in [0.05, 0.1) is 31.7 Å². The number of halogens is 1. The van der Waals surface area contributed by atoms with Gasteiger partial charge in [0.2, 0.25) is 11.8 Å². The molecule has 7 nitrogen and oxygen atoms in total. The topological polar surface area (TPSA) is 90.9 Å². The van der Waals surface area contributed by atoms with E-state index in [-0.39, 0.29) is 43.5 Å². The number of nitrogens with zero attached hydrogens (tertiary/aromatic N) is 1. The Morgan fingerprint density at radius 2 is 1.93 bits per heavy atom. The van der Waals surface area contributed by atoms with Crippen LogP contribution in [-0.4, -0.2) is 67.3 Å². The Hall–Kier alpha value is -1.67. The number of amides is 2. The average Bonchev–Trinajstić information content (AvgIpc) is 2.61. The molecule has 0 saturated carbocycles. The maximum Gasteiger partial charge on any atom is 0.234 e. The minimum atomic E-state index is -0.501. The molecule has 2 rings (SSSR count). The number of carbonyl (C=O) groups excluding carboxylic acids is 2. The summed E-state index contributed by atoms with van der Waals surface area (Å²) in [5.74, 6) is -0.215. The summed E-state index contributed by atoms with van der Waals surface area (Å²) in [4.78, 5) is 25.9. The molecule has 0 spiro atoms. The van der Waals surface area contributed by atoms with Crippen LogP contribution in [0.4, 0.5) is 0 Å². The van der Waals surface area contributed by atoms with Gasteiger partial charge in [0, 0.05) is 11.6 Å². The van der Waals surface area contributed by atoms with Crippen LogP contribution in [0.5, 0.6) is 0 Å². The summed E-state index contributed by atoms with van der Waals surface area (Å²) in [5.41, 5.74) is 0.967. The van der Waals surface area contributed by atoms with Gasteiger partial charge in [-0.25, -0.2) is 0 Å². The molecule has 1 heterocycles. The van der Waals surface area contributed by atoms with Gasteiger partial charge in [-0.15, -0.1) is 0 Å². The highest BCUT2D eigenvalue weighted by molar-refractivity contribution is 6.30. The highest BCUT2D eigenvalue weighted by Crippen LogP contribution is 2.22. The normalized spacial score (nSPS) is 22.5. The lowest BCUT2D eigenvalue weighted by Crippen LogP contribution is -2.52. The number of rotatable bonds is 8. The number of benzene rings is 1. The minimum absolute atomic E-state index is 0.105. The van der Waals surface area contributed by atoms with Gasteiger partial charge in [-0.2, -0.15) is 0 Å². The van der Waals surface area contributed by atoms with E-state index < -0.39 is 6.10 Å². The second kappa shape index (κ2) is 10.6. The number of hydrogen-bond acceptors (Lipinski definition) is 5. The van der Waals surface area contributed by atoms with Crippen LogP contribution in [0.3, 0.4) is 0 Å². The smallest absolute Gasteiger partial charge is 0.234 e. The van der Waals surface area contributed by atoms with Crippen molar-refractivity contribution in [3.8, 4) is 0 Å². The van der Waals surface area contributed by atoms with E-state index in [0.717, 1.165) is 5.56 Å². The van der Waals surface area contributed by atoms with Gasteiger partial charge in [0.15, 0.2) is 0 Å². The van der Waals surface area contributed by atoms with Crippen LogP contribution in [0.1, 0.15) is 24.8 Å². The molecule has 0 aliphatic carbocycles. The van der Waals surface area contributed by atoms with Crippen LogP contribution in [-0.2, 0) is 20.9 Å². The first-order valence-electron chi connectivity index (χ1n) is 9.09. The van der Waals surface area contributed by atoms with Crippen molar-refractivity contribution in [3.63, 3.8) is 0 Å². The van der Waals surface area contributed by atoms with E-state index in [1.165, 1.54) is 0 Å². The summed E-state index contributed by atoms with van der Waals surface area (Å²) in [7, 11) is 3.64. The predicted octanol–water partition coefficient (Wildman–Crippen LogP) is 0.933. The molecular formula is C19H28ClN3O4. The number of carbonyl (C=O) groups is 2. The van der Waals surface area contributed by atoms with E-state index in [0.29, 0.717) is 24.4 Å². The molecule has 3 N–H and O–H groups in total. The Morgan fingerprint density at radius 3 is 2.56 bits per heavy atom. The first-order valence-corrected chi connectivity index (χ1v) is 9.46. The van der Waals surface area contributed by atoms with Crippen molar-refractivity contribution in [2.75, 3.05) is 27.2 Å². The quantitative estimate of drug-likeness (QED) is 0.607. The standard InChI is InChI=1S/C19H28ClN3O4/c1-23(2)11-19(26)22-16-8-7-15(27-17(16)12-24)9-18(25)21-10-13-3-5-14(20)6-4-13/h3-6,15-17,24H,7-12H2,1-2H3,(H,21,25)(H,22,26)/t15-,16-,17+/m0/s1. The predicted molar refractivity (Wildman–Crippen MR) is 103 cm³/mol. The Bertz CT molecular complexity index is 624. The SMILES string of the molecule is CN(C)CC(=O)N[C@H]1CC[C@@H](CC(=O)NCc2ccc(Cl)cc2)O[C@@H]1CO. The van der Waals surface area contributed by atoms with Crippen molar-refractivity contribution in [3.05, 3.63) is 34.9 Å². The zero-order valence-electron chi connectivity index (χ0n) is 15.8. The summed E-state index contributed by atoms with van der Waals surface area (Å²) >= 11 is 5.85. The first-order chi connectivity index (χ1) is 12.9. The number of aliphatic hydroxyl groups is 1. The minimum Gasteiger partial charge on any atom is -0.394 e. The highest BCUT2D eigenvalue weighted by atomic mass is 35.5. The van der Waals surface area contributed by atoms with E-state index >= 15 is 0 Å². The van der Waals surface area contributed by atoms with E-state index in [4.69, 9.17) is 16.3 Å². The van der Waals surface area contributed by atoms with Crippen LogP contribution in [0.2, 0.25) is 5.02 Å². The van der Waals surface area contributed by atoms with Crippen LogP contribution >= 0.6 is 11.6 Å². The molecule has 8 heteroatoms. The van der Waals surface area contributed by atoms with E-state index in [1.54, 1.807) is 17.0 Å². The molecule has 27 heavy (non-hydrogen) atoms. The fourth-order valence-corrected chi connectivity index (χ4v) is 3.19. The molecule has 0 aromatic heterocycles. The Balaban J connectivity index is 1.77. The Labute approximate surface area is 165 Å². The molecule has 1 aliphatic heterocycles. The molecule has 0 bridgehead atoms. The van der Waals surface area contributed by atoms with Crippen LogP contribution < -0.4 is 10.6 Å². The van der Waals surface area contributed by atoms with Crippen molar-refractivity contribution < 1.29 is 19.4 Å². The van der Waals surface area contributed by atoms with Crippen molar-refractivity contribution in [2.45, 2.75) is 44.1 Å². The maximum absolute atomic E-state index is 12.2. The van der Waals surface area contributed by atoms with Gasteiger partial charge >= 0.3 is 0 Å². The summed E-state index contributed by atoms with van der Waals surface area (Å²) in [6.45, 7) is 0.510. The van der Waals surface area contributed by atoms with Gasteiger partial charge < -0.3 is 25.4 Å². The van der Waals surface area contributed by atoms with Crippen molar-refractivity contribution in [2.24, 2.45) is 0 Å². The van der Waals surface area contributed by atoms with Crippen LogP contribution in [0.15, 0.2) is 24.3 Å². The van der Waals surface area contributed by atoms with E-state index in [1.807, 2.05) is 26.2 Å². The average molecular weight is 398 g/mol. The van der Waals surface area contributed by atoms with Gasteiger partial charge in [-0.3, -0.25) is 9.59 Å². The number of hydrogen-bond donors (Lipinski definition) is 3. The van der Waals surface area contributed by atoms with E-state index in [2.05, 4.69) is 10.6 Å². The van der Waals surface area contributed by atoms with Gasteiger partial charge in [-0.1, -0.05) is 23.7 Å². The molecule has 0 unspecified atom stereocenters. The zero-order valence-corrected chi connectivity index (χ0v) is 16.5. The lowest BCUT2D eigenvalue weighted by molar-refractivity contribution is -0.136. The summed E-state index contributed by atoms with van der Waals surface area (Å²) in [6, 6.07) is 7.05. The van der Waals surface area contributed by atoms with Gasteiger partial charge in [0.25, 0.3) is 0 Å². The molecule has 0 radical (unpaired) electrons. The molecule has 3 atom stereocenters. The first kappa shape index (κ1) is 21.6. The second-order valence-corrected chi connectivity index (χ2v) is 7.51. The molecule has 1 fully saturated rings. The second-order valence-electron chi connectivity index (χ2n) is 7.08. The summed E-state index contributed by atoms with van der Waals surface area (Å²) in [5, 5.41) is 16.0. The number of likely N-dealkylation sites (N-methyl/N-ethyl adjacent to an activating group) is 1. The van der Waals surface area contributed by atoms with Crippen LogP contribution in [0, 0.1) is 0 Å². The van der Waals surface area contributed by atoms with Crippen molar-refractivity contribution in [1.29, 1.82) is 0 Å².